The van der Waals surface area contributed by atoms with Crippen LogP contribution in [-0.2, 0) is 29.0 Å². The Labute approximate surface area is 261 Å². The summed E-state index contributed by atoms with van der Waals surface area (Å²) in [6.45, 7) is 1.64. The lowest BCUT2D eigenvalue weighted by atomic mass is 9.91. The number of amides is 3. The van der Waals surface area contributed by atoms with Crippen molar-refractivity contribution in [3.63, 3.8) is 0 Å². The molecule has 2 atom stereocenters. The molecule has 1 aromatic heterocycles. The van der Waals surface area contributed by atoms with E-state index < -0.39 is 0 Å². The van der Waals surface area contributed by atoms with Gasteiger partial charge in [0.15, 0.2) is 5.11 Å². The Morgan fingerprint density at radius 1 is 1.12 bits per heavy atom. The smallest absolute Gasteiger partial charge is 0.254 e. The van der Waals surface area contributed by atoms with Crippen molar-refractivity contribution in [3.8, 4) is 11.5 Å². The summed E-state index contributed by atoms with van der Waals surface area (Å²) in [5.74, 6) is 1.90. The quantitative estimate of drug-likeness (QED) is 0.281. The fourth-order valence-corrected chi connectivity index (χ4v) is 7.47. The molecular weight excluding hydrogens is 587 g/mol. The van der Waals surface area contributed by atoms with Gasteiger partial charge in [0, 0.05) is 54.5 Å². The number of hydrogen-bond donors (Lipinski definition) is 4. The first kappa shape index (κ1) is 29.7. The van der Waals surface area contributed by atoms with E-state index in [4.69, 9.17) is 21.7 Å². The number of rotatable bonds is 11. The van der Waals surface area contributed by atoms with E-state index in [1.165, 1.54) is 11.3 Å². The van der Waals surface area contributed by atoms with Gasteiger partial charge in [0.25, 0.3) is 5.91 Å². The van der Waals surface area contributed by atoms with Crippen LogP contribution in [0.15, 0.2) is 18.2 Å². The van der Waals surface area contributed by atoms with E-state index >= 15 is 0 Å². The van der Waals surface area contributed by atoms with Gasteiger partial charge in [0.1, 0.15) is 16.5 Å². The van der Waals surface area contributed by atoms with E-state index in [0.717, 1.165) is 54.5 Å². The van der Waals surface area contributed by atoms with Crippen LogP contribution >= 0.6 is 23.6 Å². The minimum atomic E-state index is -0.109. The first-order chi connectivity index (χ1) is 20.8. The molecule has 4 N–H and O–H groups in total. The van der Waals surface area contributed by atoms with Crippen molar-refractivity contribution < 1.29 is 23.9 Å². The second-order valence-electron chi connectivity index (χ2n) is 12.0. The summed E-state index contributed by atoms with van der Waals surface area (Å²) in [6.07, 6.45) is 6.73. The molecule has 0 spiro atoms. The summed E-state index contributed by atoms with van der Waals surface area (Å²) in [7, 11) is 3.24. The van der Waals surface area contributed by atoms with Gasteiger partial charge in [-0.3, -0.25) is 14.4 Å². The molecule has 2 saturated carbocycles. The molecule has 43 heavy (non-hydrogen) atoms. The number of thiocarbonyl (C=S) groups is 1. The largest absolute Gasteiger partial charge is 0.497 e. The minimum absolute atomic E-state index is 0.00175. The number of thiophene rings is 1. The Balaban J connectivity index is 1.20. The molecule has 0 bridgehead atoms. The molecule has 1 aromatic carbocycles. The number of fused-ring (bicyclic) bond motifs is 1. The lowest BCUT2D eigenvalue weighted by Crippen LogP contribution is -2.50. The third kappa shape index (κ3) is 6.90. The standard InChI is InChI=1S/C31H39N5O5S2/c1-40-22-9-7-19(24(13-22)41-2)16-36(21-12-26(37)32-15-21)31(42)34-20-8-10-25-23(11-20)27(29(39)33-14-17-3-4-17)30(43-25)35-28(38)18-5-6-18/h7,9,13,17-18,20-21H,3-6,8,10-12,14-16H2,1-2H3,(H,32,37)(H,33,39)(H,34,42)(H,35,38)/t20-,21?/m0/s1. The maximum absolute atomic E-state index is 13.5. The predicted molar refractivity (Wildman–Crippen MR) is 169 cm³/mol. The highest BCUT2D eigenvalue weighted by Gasteiger charge is 2.36. The first-order valence-electron chi connectivity index (χ1n) is 15.1. The van der Waals surface area contributed by atoms with E-state index in [1.807, 2.05) is 18.2 Å². The normalized spacial score (nSPS) is 20.9. The summed E-state index contributed by atoms with van der Waals surface area (Å²) in [6, 6.07) is 5.59. The lowest BCUT2D eigenvalue weighted by molar-refractivity contribution is -0.119. The zero-order valence-electron chi connectivity index (χ0n) is 24.6. The molecule has 2 aromatic rings. The highest BCUT2D eigenvalue weighted by atomic mass is 32.1. The molecule has 1 saturated heterocycles. The van der Waals surface area contributed by atoms with Crippen LogP contribution in [0.4, 0.5) is 5.00 Å². The molecule has 0 radical (unpaired) electrons. The second-order valence-corrected chi connectivity index (χ2v) is 13.5. The molecule has 1 aliphatic heterocycles. The van der Waals surface area contributed by atoms with Gasteiger partial charge in [-0.25, -0.2) is 0 Å². The van der Waals surface area contributed by atoms with Crippen LogP contribution in [-0.4, -0.2) is 67.1 Å². The van der Waals surface area contributed by atoms with Gasteiger partial charge in [-0.1, -0.05) is 0 Å². The maximum Gasteiger partial charge on any atom is 0.254 e. The molecular formula is C31H39N5O5S2. The molecule has 4 aliphatic rings. The highest BCUT2D eigenvalue weighted by Crippen LogP contribution is 2.40. The molecule has 6 rings (SSSR count). The Kier molecular flexibility index (Phi) is 8.76. The fraction of sp³-hybridized carbons (Fsp3) is 0.548. The highest BCUT2D eigenvalue weighted by molar-refractivity contribution is 7.80. The number of carbonyl (C=O) groups is 3. The van der Waals surface area contributed by atoms with E-state index in [2.05, 4.69) is 26.2 Å². The Morgan fingerprint density at radius 2 is 1.93 bits per heavy atom. The SMILES string of the molecule is COc1ccc(CN(C(=S)N[C@H]2CCc3sc(NC(=O)C4CC4)c(C(=O)NCC4CC4)c3C2)C2CNC(=O)C2)c(OC)c1. The number of carbonyl (C=O) groups excluding carboxylic acids is 3. The summed E-state index contributed by atoms with van der Waals surface area (Å²) in [5.41, 5.74) is 2.54. The third-order valence-corrected chi connectivity index (χ3v) is 10.3. The molecule has 2 heterocycles. The van der Waals surface area contributed by atoms with E-state index in [0.29, 0.717) is 65.6 Å². The Bertz CT molecular complexity index is 1420. The molecule has 12 heteroatoms. The van der Waals surface area contributed by atoms with Crippen LogP contribution in [0, 0.1) is 11.8 Å². The zero-order valence-corrected chi connectivity index (χ0v) is 26.3. The van der Waals surface area contributed by atoms with Crippen LogP contribution in [0.3, 0.4) is 0 Å². The maximum atomic E-state index is 13.5. The monoisotopic (exact) mass is 625 g/mol. The number of nitrogens with one attached hydrogen (secondary N) is 4. The van der Waals surface area contributed by atoms with Gasteiger partial charge in [0.2, 0.25) is 11.8 Å². The Hall–Kier alpha value is -3.38. The number of anilines is 1. The number of ether oxygens (including phenoxy) is 2. The number of nitrogens with zero attached hydrogens (tertiary/aromatic N) is 1. The van der Waals surface area contributed by atoms with Crippen LogP contribution < -0.4 is 30.7 Å². The van der Waals surface area contributed by atoms with Crippen molar-refractivity contribution >= 4 is 51.4 Å². The molecule has 3 amide bonds. The van der Waals surface area contributed by atoms with E-state index in [1.54, 1.807) is 14.2 Å². The molecule has 10 nitrogen and oxygen atoms in total. The fourth-order valence-electron chi connectivity index (χ4n) is 5.84. The van der Waals surface area contributed by atoms with Gasteiger partial charge in [-0.15, -0.1) is 11.3 Å². The molecule has 1 unspecified atom stereocenters. The summed E-state index contributed by atoms with van der Waals surface area (Å²) < 4.78 is 11.0. The van der Waals surface area contributed by atoms with Gasteiger partial charge in [-0.05, 0) is 80.8 Å². The van der Waals surface area contributed by atoms with E-state index in [-0.39, 0.29) is 35.7 Å². The molecule has 3 aliphatic carbocycles. The van der Waals surface area contributed by atoms with Crippen molar-refractivity contribution in [1.29, 1.82) is 0 Å². The minimum Gasteiger partial charge on any atom is -0.497 e. The summed E-state index contributed by atoms with van der Waals surface area (Å²) in [5, 5.41) is 13.9. The second kappa shape index (κ2) is 12.7. The zero-order chi connectivity index (χ0) is 30.1. The van der Waals surface area contributed by atoms with Crippen LogP contribution in [0.5, 0.6) is 11.5 Å². The average Bonchev–Trinajstić information content (AvgIpc) is 3.94. The van der Waals surface area contributed by atoms with Gasteiger partial charge in [-0.2, -0.15) is 0 Å². The lowest BCUT2D eigenvalue weighted by Gasteiger charge is -2.34. The third-order valence-electron chi connectivity index (χ3n) is 8.74. The first-order valence-corrected chi connectivity index (χ1v) is 16.3. The number of hydrogen-bond acceptors (Lipinski definition) is 7. The Morgan fingerprint density at radius 3 is 2.60 bits per heavy atom. The summed E-state index contributed by atoms with van der Waals surface area (Å²) in [4.78, 5) is 41.6. The predicted octanol–water partition coefficient (Wildman–Crippen LogP) is 3.38. The van der Waals surface area contributed by atoms with Gasteiger partial charge < -0.3 is 35.6 Å². The van der Waals surface area contributed by atoms with Crippen LogP contribution in [0.25, 0.3) is 0 Å². The van der Waals surface area contributed by atoms with Gasteiger partial charge in [0.05, 0.1) is 25.8 Å². The number of aryl methyl sites for hydroxylation is 1. The van der Waals surface area contributed by atoms with Crippen molar-refractivity contribution in [2.75, 3.05) is 32.6 Å². The number of methoxy groups -OCH3 is 2. The van der Waals surface area contributed by atoms with Crippen LogP contribution in [0.2, 0.25) is 0 Å². The van der Waals surface area contributed by atoms with Crippen LogP contribution in [0.1, 0.15) is 64.9 Å². The molecule has 230 valence electrons. The average molecular weight is 626 g/mol. The van der Waals surface area contributed by atoms with Crippen molar-refractivity contribution in [3.05, 3.63) is 39.8 Å². The van der Waals surface area contributed by atoms with E-state index in [9.17, 15) is 14.4 Å². The summed E-state index contributed by atoms with van der Waals surface area (Å²) >= 11 is 7.53. The molecule has 3 fully saturated rings. The topological polar surface area (TPSA) is 121 Å². The van der Waals surface area contributed by atoms with Crippen molar-refractivity contribution in [2.45, 2.75) is 70.0 Å². The van der Waals surface area contributed by atoms with Gasteiger partial charge >= 0.3 is 0 Å². The van der Waals surface area contributed by atoms with Crippen molar-refractivity contribution in [1.82, 2.24) is 20.9 Å². The van der Waals surface area contributed by atoms with Crippen molar-refractivity contribution in [2.24, 2.45) is 11.8 Å². The number of benzene rings is 1.